The number of hydrogen-bond acceptors (Lipinski definition) is 5. The summed E-state index contributed by atoms with van der Waals surface area (Å²) in [7, 11) is 0. The lowest BCUT2D eigenvalue weighted by Crippen LogP contribution is -2.25. The molecule has 1 fully saturated rings. The first kappa shape index (κ1) is 19.1. The van der Waals surface area contributed by atoms with Crippen molar-refractivity contribution in [2.24, 2.45) is 5.92 Å². The van der Waals surface area contributed by atoms with E-state index in [4.69, 9.17) is 13.9 Å². The summed E-state index contributed by atoms with van der Waals surface area (Å²) in [6.45, 7) is 3.12. The normalized spacial score (nSPS) is 17.6. The third-order valence-electron chi connectivity index (χ3n) is 4.85. The Labute approximate surface area is 169 Å². The molecule has 3 aromatic rings. The zero-order valence-electron chi connectivity index (χ0n) is 16.3. The molecule has 29 heavy (non-hydrogen) atoms. The molecule has 6 heteroatoms. The van der Waals surface area contributed by atoms with Gasteiger partial charge in [-0.3, -0.25) is 4.79 Å². The number of carbonyl (C=O) groups excluding carboxylic acids is 1. The minimum atomic E-state index is -0.0298. The SMILES string of the molecule is CCCOc1ccc(Oc2ncccc2CNC(=O)C2CC2c2ccco2)cc1. The molecule has 2 atom stereocenters. The molecule has 4 rings (SSSR count). The quantitative estimate of drug-likeness (QED) is 0.573. The van der Waals surface area contributed by atoms with Crippen LogP contribution < -0.4 is 14.8 Å². The van der Waals surface area contributed by atoms with E-state index in [2.05, 4.69) is 17.2 Å². The predicted octanol–water partition coefficient (Wildman–Crippen LogP) is 4.68. The molecule has 2 aromatic heterocycles. The third-order valence-corrected chi connectivity index (χ3v) is 4.85. The third kappa shape index (κ3) is 4.77. The molecular formula is C23H24N2O4. The highest BCUT2D eigenvalue weighted by Gasteiger charge is 2.45. The van der Waals surface area contributed by atoms with Gasteiger partial charge >= 0.3 is 0 Å². The highest BCUT2D eigenvalue weighted by Crippen LogP contribution is 2.47. The number of furan rings is 1. The molecule has 1 amide bonds. The van der Waals surface area contributed by atoms with Crippen molar-refractivity contribution in [3.63, 3.8) is 0 Å². The number of hydrogen-bond donors (Lipinski definition) is 1. The zero-order valence-corrected chi connectivity index (χ0v) is 16.3. The van der Waals surface area contributed by atoms with Crippen molar-refractivity contribution in [3.8, 4) is 17.4 Å². The Morgan fingerprint density at radius 1 is 1.17 bits per heavy atom. The van der Waals surface area contributed by atoms with E-state index in [-0.39, 0.29) is 17.7 Å². The molecule has 1 N–H and O–H groups in total. The molecule has 6 nitrogen and oxygen atoms in total. The van der Waals surface area contributed by atoms with Crippen LogP contribution in [0.25, 0.3) is 0 Å². The predicted molar refractivity (Wildman–Crippen MR) is 108 cm³/mol. The van der Waals surface area contributed by atoms with Gasteiger partial charge in [-0.2, -0.15) is 0 Å². The lowest BCUT2D eigenvalue weighted by atomic mass is 10.2. The standard InChI is InChI=1S/C23H24N2O4/c1-2-12-27-17-7-9-18(10-8-17)29-23-16(5-3-11-24-23)15-25-22(26)20-14-19(20)21-6-4-13-28-21/h3-11,13,19-20H,2,12,14-15H2,1H3,(H,25,26). The first-order chi connectivity index (χ1) is 14.2. The monoisotopic (exact) mass is 392 g/mol. The van der Waals surface area contributed by atoms with Crippen molar-refractivity contribution in [1.29, 1.82) is 0 Å². The van der Waals surface area contributed by atoms with Gasteiger partial charge in [-0.1, -0.05) is 13.0 Å². The summed E-state index contributed by atoms with van der Waals surface area (Å²) in [5, 5.41) is 2.99. The van der Waals surface area contributed by atoms with Crippen LogP contribution >= 0.6 is 0 Å². The van der Waals surface area contributed by atoms with Crippen LogP contribution in [0.2, 0.25) is 0 Å². The average Bonchev–Trinajstić information content (AvgIpc) is 3.37. The van der Waals surface area contributed by atoms with E-state index in [0.717, 1.165) is 29.9 Å². The number of nitrogens with zero attached hydrogens (tertiary/aromatic N) is 1. The van der Waals surface area contributed by atoms with Crippen LogP contribution in [0.5, 0.6) is 17.4 Å². The summed E-state index contributed by atoms with van der Waals surface area (Å²) < 4.78 is 16.9. The highest BCUT2D eigenvalue weighted by atomic mass is 16.5. The van der Waals surface area contributed by atoms with E-state index in [1.54, 1.807) is 12.5 Å². The van der Waals surface area contributed by atoms with Gasteiger partial charge in [0.25, 0.3) is 0 Å². The fourth-order valence-electron chi connectivity index (χ4n) is 3.20. The van der Waals surface area contributed by atoms with Crippen LogP contribution in [0, 0.1) is 5.92 Å². The van der Waals surface area contributed by atoms with Gasteiger partial charge in [0, 0.05) is 30.1 Å². The van der Waals surface area contributed by atoms with Crippen molar-refractivity contribution >= 4 is 5.91 Å². The van der Waals surface area contributed by atoms with Gasteiger partial charge in [-0.25, -0.2) is 4.98 Å². The Morgan fingerprint density at radius 3 is 2.76 bits per heavy atom. The lowest BCUT2D eigenvalue weighted by Gasteiger charge is -2.11. The largest absolute Gasteiger partial charge is 0.494 e. The molecule has 0 saturated heterocycles. The lowest BCUT2D eigenvalue weighted by molar-refractivity contribution is -0.122. The number of pyridine rings is 1. The number of nitrogens with one attached hydrogen (secondary N) is 1. The van der Waals surface area contributed by atoms with Gasteiger partial charge in [0.1, 0.15) is 17.3 Å². The first-order valence-corrected chi connectivity index (χ1v) is 9.90. The maximum Gasteiger partial charge on any atom is 0.224 e. The summed E-state index contributed by atoms with van der Waals surface area (Å²) >= 11 is 0. The maximum atomic E-state index is 12.4. The molecule has 0 spiro atoms. The fraction of sp³-hybridized carbons (Fsp3) is 0.304. The second-order valence-electron chi connectivity index (χ2n) is 7.07. The molecule has 0 radical (unpaired) electrons. The van der Waals surface area contributed by atoms with Crippen LogP contribution in [-0.4, -0.2) is 17.5 Å². The summed E-state index contributed by atoms with van der Waals surface area (Å²) in [4.78, 5) is 16.8. The topological polar surface area (TPSA) is 73.6 Å². The molecule has 150 valence electrons. The molecule has 2 unspecified atom stereocenters. The minimum Gasteiger partial charge on any atom is -0.494 e. The average molecular weight is 392 g/mol. The summed E-state index contributed by atoms with van der Waals surface area (Å²) in [6, 6.07) is 14.9. The summed E-state index contributed by atoms with van der Waals surface area (Å²) in [5.41, 5.74) is 0.822. The maximum absolute atomic E-state index is 12.4. The van der Waals surface area contributed by atoms with Crippen molar-refractivity contribution < 1.29 is 18.7 Å². The van der Waals surface area contributed by atoms with E-state index < -0.39 is 0 Å². The molecule has 1 aliphatic rings. The van der Waals surface area contributed by atoms with Crippen molar-refractivity contribution in [3.05, 3.63) is 72.3 Å². The van der Waals surface area contributed by atoms with Gasteiger partial charge in [-0.15, -0.1) is 0 Å². The van der Waals surface area contributed by atoms with Gasteiger partial charge in [0.2, 0.25) is 11.8 Å². The molecule has 1 aliphatic carbocycles. The van der Waals surface area contributed by atoms with Crippen LogP contribution in [-0.2, 0) is 11.3 Å². The number of aromatic nitrogens is 1. The first-order valence-electron chi connectivity index (χ1n) is 9.90. The van der Waals surface area contributed by atoms with E-state index in [0.29, 0.717) is 24.8 Å². The fourth-order valence-corrected chi connectivity index (χ4v) is 3.20. The second-order valence-corrected chi connectivity index (χ2v) is 7.07. The number of carbonyl (C=O) groups is 1. The van der Waals surface area contributed by atoms with E-state index in [9.17, 15) is 4.79 Å². The van der Waals surface area contributed by atoms with Gasteiger partial charge in [0.15, 0.2) is 0 Å². The van der Waals surface area contributed by atoms with Gasteiger partial charge < -0.3 is 19.2 Å². The van der Waals surface area contributed by atoms with Crippen molar-refractivity contribution in [2.75, 3.05) is 6.61 Å². The smallest absolute Gasteiger partial charge is 0.224 e. The number of amides is 1. The Hall–Kier alpha value is -3.28. The van der Waals surface area contributed by atoms with E-state index >= 15 is 0 Å². The molecular weight excluding hydrogens is 368 g/mol. The molecule has 2 heterocycles. The Bertz CT molecular complexity index is 938. The second kappa shape index (κ2) is 8.82. The minimum absolute atomic E-state index is 0.0265. The van der Waals surface area contributed by atoms with Gasteiger partial charge in [0.05, 0.1) is 12.9 Å². The van der Waals surface area contributed by atoms with Gasteiger partial charge in [-0.05, 0) is 55.3 Å². The van der Waals surface area contributed by atoms with Crippen molar-refractivity contribution in [2.45, 2.75) is 32.2 Å². The Balaban J connectivity index is 1.34. The summed E-state index contributed by atoms with van der Waals surface area (Å²) in [5.74, 6) is 3.01. The molecule has 0 bridgehead atoms. The van der Waals surface area contributed by atoms with Crippen LogP contribution in [0.1, 0.15) is 37.0 Å². The molecule has 1 aromatic carbocycles. The number of rotatable bonds is 9. The number of ether oxygens (including phenoxy) is 2. The molecule has 1 saturated carbocycles. The van der Waals surface area contributed by atoms with Crippen LogP contribution in [0.15, 0.2) is 65.4 Å². The Kier molecular flexibility index (Phi) is 5.79. The Morgan fingerprint density at radius 2 is 2.00 bits per heavy atom. The van der Waals surface area contributed by atoms with Crippen LogP contribution in [0.4, 0.5) is 0 Å². The highest BCUT2D eigenvalue weighted by molar-refractivity contribution is 5.82. The zero-order chi connectivity index (χ0) is 20.1. The van der Waals surface area contributed by atoms with E-state index in [1.165, 1.54) is 0 Å². The van der Waals surface area contributed by atoms with Crippen molar-refractivity contribution in [1.82, 2.24) is 10.3 Å². The van der Waals surface area contributed by atoms with Crippen LogP contribution in [0.3, 0.4) is 0 Å². The summed E-state index contributed by atoms with van der Waals surface area (Å²) in [6.07, 6.45) is 5.10. The molecule has 0 aliphatic heterocycles. The van der Waals surface area contributed by atoms with E-state index in [1.807, 2.05) is 48.5 Å². The number of benzene rings is 1.